The highest BCUT2D eigenvalue weighted by Gasteiger charge is 2.32. The molecule has 0 saturated heterocycles. The van der Waals surface area contributed by atoms with Crippen molar-refractivity contribution >= 4 is 0 Å². The van der Waals surface area contributed by atoms with E-state index in [0.717, 1.165) is 36.6 Å². The number of alkyl halides is 3. The molecule has 1 aliphatic rings. The van der Waals surface area contributed by atoms with Crippen LogP contribution in [0.1, 0.15) is 34.5 Å². The van der Waals surface area contributed by atoms with E-state index in [9.17, 15) is 13.2 Å². The van der Waals surface area contributed by atoms with Gasteiger partial charge in [0.1, 0.15) is 5.69 Å². The molecule has 2 nitrogen and oxygen atoms in total. The van der Waals surface area contributed by atoms with Crippen LogP contribution in [0.4, 0.5) is 13.2 Å². The SMILES string of the molecule is FC(F)(F)c1ccc(Cc2ncccc2-c2cccc3c2CCC3)cn1. The fourth-order valence-corrected chi connectivity index (χ4v) is 3.59. The van der Waals surface area contributed by atoms with Crippen LogP contribution < -0.4 is 0 Å². The molecule has 1 aliphatic carbocycles. The van der Waals surface area contributed by atoms with Crippen molar-refractivity contribution in [1.29, 1.82) is 0 Å². The average Bonchev–Trinajstić information content (AvgIpc) is 3.11. The molecule has 0 amide bonds. The van der Waals surface area contributed by atoms with Crippen molar-refractivity contribution in [1.82, 2.24) is 9.97 Å². The van der Waals surface area contributed by atoms with Crippen molar-refractivity contribution < 1.29 is 13.2 Å². The second-order valence-electron chi connectivity index (χ2n) is 6.52. The average molecular weight is 354 g/mol. The largest absolute Gasteiger partial charge is 0.433 e. The molecule has 0 spiro atoms. The minimum absolute atomic E-state index is 0.449. The fraction of sp³-hybridized carbons (Fsp3) is 0.238. The molecule has 0 radical (unpaired) electrons. The Morgan fingerprint density at radius 1 is 0.885 bits per heavy atom. The van der Waals surface area contributed by atoms with Crippen LogP contribution in [0.5, 0.6) is 0 Å². The van der Waals surface area contributed by atoms with Crippen LogP contribution in [-0.4, -0.2) is 9.97 Å². The monoisotopic (exact) mass is 354 g/mol. The third-order valence-electron chi connectivity index (χ3n) is 4.81. The Kier molecular flexibility index (Phi) is 4.23. The number of hydrogen-bond donors (Lipinski definition) is 0. The zero-order chi connectivity index (χ0) is 18.1. The quantitative estimate of drug-likeness (QED) is 0.643. The van der Waals surface area contributed by atoms with E-state index in [0.29, 0.717) is 12.0 Å². The minimum Gasteiger partial charge on any atom is -0.260 e. The van der Waals surface area contributed by atoms with Crippen molar-refractivity contribution in [2.75, 3.05) is 0 Å². The smallest absolute Gasteiger partial charge is 0.260 e. The lowest BCUT2D eigenvalue weighted by atomic mass is 9.94. The first-order chi connectivity index (χ1) is 12.5. The van der Waals surface area contributed by atoms with Crippen LogP contribution in [0.2, 0.25) is 0 Å². The van der Waals surface area contributed by atoms with Gasteiger partial charge in [-0.05, 0) is 53.6 Å². The third kappa shape index (κ3) is 3.21. The van der Waals surface area contributed by atoms with E-state index in [1.165, 1.54) is 29.0 Å². The van der Waals surface area contributed by atoms with Gasteiger partial charge in [-0.3, -0.25) is 9.97 Å². The van der Waals surface area contributed by atoms with Crippen molar-refractivity contribution in [3.63, 3.8) is 0 Å². The van der Waals surface area contributed by atoms with Gasteiger partial charge in [0.15, 0.2) is 0 Å². The van der Waals surface area contributed by atoms with E-state index in [4.69, 9.17) is 0 Å². The maximum atomic E-state index is 12.7. The molecule has 0 bridgehead atoms. The maximum Gasteiger partial charge on any atom is 0.433 e. The molecule has 0 atom stereocenters. The number of halogens is 3. The van der Waals surface area contributed by atoms with Gasteiger partial charge in [0.25, 0.3) is 0 Å². The van der Waals surface area contributed by atoms with Crippen LogP contribution in [-0.2, 0) is 25.4 Å². The highest BCUT2D eigenvalue weighted by atomic mass is 19.4. The summed E-state index contributed by atoms with van der Waals surface area (Å²) in [6.07, 6.45) is 2.36. The Hall–Kier alpha value is -2.69. The van der Waals surface area contributed by atoms with E-state index < -0.39 is 11.9 Å². The normalized spacial score (nSPS) is 13.7. The molecule has 2 heterocycles. The predicted molar refractivity (Wildman–Crippen MR) is 93.7 cm³/mol. The van der Waals surface area contributed by atoms with Gasteiger partial charge in [0, 0.05) is 24.4 Å². The first kappa shape index (κ1) is 16.8. The highest BCUT2D eigenvalue weighted by molar-refractivity contribution is 5.71. The molecule has 0 aliphatic heterocycles. The molecule has 132 valence electrons. The summed E-state index contributed by atoms with van der Waals surface area (Å²) >= 11 is 0. The summed E-state index contributed by atoms with van der Waals surface area (Å²) < 4.78 is 38.1. The Morgan fingerprint density at radius 3 is 2.50 bits per heavy atom. The number of aromatic nitrogens is 2. The molecule has 26 heavy (non-hydrogen) atoms. The maximum absolute atomic E-state index is 12.7. The van der Waals surface area contributed by atoms with E-state index in [2.05, 4.69) is 28.2 Å². The van der Waals surface area contributed by atoms with Crippen molar-refractivity contribution in [3.8, 4) is 11.1 Å². The lowest BCUT2D eigenvalue weighted by Gasteiger charge is -2.13. The molecule has 3 aromatic rings. The summed E-state index contributed by atoms with van der Waals surface area (Å²) in [5, 5.41) is 0. The standard InChI is InChI=1S/C21H17F3N2/c22-21(23,24)20-10-9-14(13-26-20)12-19-18(8-3-11-25-19)17-7-2-5-15-4-1-6-16(15)17/h2-3,5,7-11,13H,1,4,6,12H2. The second kappa shape index (κ2) is 6.56. The van der Waals surface area contributed by atoms with Crippen molar-refractivity contribution in [3.05, 3.63) is 82.9 Å². The molecule has 0 N–H and O–H groups in total. The first-order valence-corrected chi connectivity index (χ1v) is 8.59. The number of rotatable bonds is 3. The highest BCUT2D eigenvalue weighted by Crippen LogP contribution is 2.34. The molecule has 2 aromatic heterocycles. The Balaban J connectivity index is 1.68. The van der Waals surface area contributed by atoms with E-state index >= 15 is 0 Å². The van der Waals surface area contributed by atoms with Crippen LogP contribution >= 0.6 is 0 Å². The van der Waals surface area contributed by atoms with Gasteiger partial charge in [0.2, 0.25) is 0 Å². The lowest BCUT2D eigenvalue weighted by molar-refractivity contribution is -0.141. The topological polar surface area (TPSA) is 25.8 Å². The van der Waals surface area contributed by atoms with E-state index in [1.807, 2.05) is 12.1 Å². The summed E-state index contributed by atoms with van der Waals surface area (Å²) in [5.41, 5.74) is 5.68. The van der Waals surface area contributed by atoms with Crippen molar-refractivity contribution in [2.24, 2.45) is 0 Å². The predicted octanol–water partition coefficient (Wildman–Crippen LogP) is 5.24. The lowest BCUT2D eigenvalue weighted by Crippen LogP contribution is -2.08. The van der Waals surface area contributed by atoms with Gasteiger partial charge in [0.05, 0.1) is 5.69 Å². The minimum atomic E-state index is -4.42. The number of nitrogens with zero attached hydrogens (tertiary/aromatic N) is 2. The zero-order valence-electron chi connectivity index (χ0n) is 14.1. The molecule has 0 unspecified atom stereocenters. The third-order valence-corrected chi connectivity index (χ3v) is 4.81. The number of hydrogen-bond acceptors (Lipinski definition) is 2. The molecule has 0 saturated carbocycles. The number of fused-ring (bicyclic) bond motifs is 1. The van der Waals surface area contributed by atoms with Gasteiger partial charge in [-0.1, -0.05) is 30.3 Å². The summed E-state index contributed by atoms with van der Waals surface area (Å²) in [6.45, 7) is 0. The fourth-order valence-electron chi connectivity index (χ4n) is 3.59. The van der Waals surface area contributed by atoms with Gasteiger partial charge < -0.3 is 0 Å². The van der Waals surface area contributed by atoms with Gasteiger partial charge >= 0.3 is 6.18 Å². The zero-order valence-corrected chi connectivity index (χ0v) is 14.1. The van der Waals surface area contributed by atoms with E-state index in [1.54, 1.807) is 6.20 Å². The molecule has 0 fully saturated rings. The van der Waals surface area contributed by atoms with Gasteiger partial charge in [-0.25, -0.2) is 0 Å². The van der Waals surface area contributed by atoms with E-state index in [-0.39, 0.29) is 0 Å². The van der Waals surface area contributed by atoms with Crippen LogP contribution in [0.25, 0.3) is 11.1 Å². The van der Waals surface area contributed by atoms with Crippen molar-refractivity contribution in [2.45, 2.75) is 31.9 Å². The van der Waals surface area contributed by atoms with Gasteiger partial charge in [-0.2, -0.15) is 13.2 Å². The summed E-state index contributed by atoms with van der Waals surface area (Å²) in [7, 11) is 0. The van der Waals surface area contributed by atoms with Crippen LogP contribution in [0, 0.1) is 0 Å². The Labute approximate surface area is 149 Å². The number of benzene rings is 1. The first-order valence-electron chi connectivity index (χ1n) is 8.59. The number of aryl methyl sites for hydroxylation is 1. The summed E-state index contributed by atoms with van der Waals surface area (Å²) in [6, 6.07) is 12.8. The number of pyridine rings is 2. The summed E-state index contributed by atoms with van der Waals surface area (Å²) in [4.78, 5) is 8.05. The van der Waals surface area contributed by atoms with Crippen LogP contribution in [0.15, 0.2) is 54.9 Å². The molecule has 5 heteroatoms. The van der Waals surface area contributed by atoms with Crippen LogP contribution in [0.3, 0.4) is 0 Å². The molecular formula is C21H17F3N2. The Morgan fingerprint density at radius 2 is 1.73 bits per heavy atom. The molecule has 4 rings (SSSR count). The van der Waals surface area contributed by atoms with Gasteiger partial charge in [-0.15, -0.1) is 0 Å². The molecular weight excluding hydrogens is 337 g/mol. The Bertz CT molecular complexity index is 931. The molecule has 1 aromatic carbocycles. The second-order valence-corrected chi connectivity index (χ2v) is 6.52. The summed E-state index contributed by atoms with van der Waals surface area (Å²) in [5.74, 6) is 0.